The van der Waals surface area contributed by atoms with Crippen LogP contribution in [0.2, 0.25) is 5.02 Å². The van der Waals surface area contributed by atoms with Crippen LogP contribution in [0.1, 0.15) is 12.5 Å². The molecule has 0 amide bonds. The predicted molar refractivity (Wildman–Crippen MR) is 45.4 cm³/mol. The van der Waals surface area contributed by atoms with Gasteiger partial charge in [0.25, 0.3) is 0 Å². The topological polar surface area (TPSA) is 32.6 Å². The van der Waals surface area contributed by atoms with Crippen LogP contribution in [-0.2, 0) is 0 Å². The van der Waals surface area contributed by atoms with Gasteiger partial charge < -0.3 is 5.21 Å². The van der Waals surface area contributed by atoms with Gasteiger partial charge in [-0.25, -0.2) is 4.39 Å². The molecular weight excluding hydrogens is 181 g/mol. The first-order valence-corrected chi connectivity index (χ1v) is 3.67. The van der Waals surface area contributed by atoms with Crippen LogP contribution in [0.4, 0.5) is 4.39 Å². The van der Waals surface area contributed by atoms with Crippen LogP contribution in [0.5, 0.6) is 0 Å². The molecule has 1 rings (SSSR count). The molecule has 0 aliphatic carbocycles. The Balaban J connectivity index is 3.18. The third-order valence-electron chi connectivity index (χ3n) is 1.47. The van der Waals surface area contributed by atoms with E-state index in [0.717, 1.165) is 0 Å². The quantitative estimate of drug-likeness (QED) is 0.409. The number of rotatable bonds is 1. The summed E-state index contributed by atoms with van der Waals surface area (Å²) in [5.41, 5.74) is 0.889. The Labute approximate surface area is 74.3 Å². The van der Waals surface area contributed by atoms with Gasteiger partial charge in [-0.3, -0.25) is 0 Å². The molecule has 0 spiro atoms. The van der Waals surface area contributed by atoms with Crippen molar-refractivity contribution >= 4 is 17.3 Å². The highest BCUT2D eigenvalue weighted by Crippen LogP contribution is 2.17. The molecule has 0 bridgehead atoms. The SMILES string of the molecule is C/C(=N/O)c1ccc(F)cc1Cl. The molecule has 0 aromatic heterocycles. The number of oxime groups is 1. The first kappa shape index (κ1) is 9.00. The van der Waals surface area contributed by atoms with Gasteiger partial charge in [0.05, 0.1) is 10.7 Å². The fourth-order valence-corrected chi connectivity index (χ4v) is 1.14. The number of nitrogens with zero attached hydrogens (tertiary/aromatic N) is 1. The zero-order chi connectivity index (χ0) is 9.14. The minimum atomic E-state index is -0.408. The van der Waals surface area contributed by atoms with Gasteiger partial charge in [-0.1, -0.05) is 16.8 Å². The summed E-state index contributed by atoms with van der Waals surface area (Å²) in [4.78, 5) is 0. The molecule has 2 nitrogen and oxygen atoms in total. The molecule has 1 aromatic rings. The molecule has 64 valence electrons. The second-order valence-electron chi connectivity index (χ2n) is 2.31. The summed E-state index contributed by atoms with van der Waals surface area (Å²) >= 11 is 5.67. The van der Waals surface area contributed by atoms with E-state index in [9.17, 15) is 4.39 Å². The van der Waals surface area contributed by atoms with Crippen molar-refractivity contribution < 1.29 is 9.60 Å². The van der Waals surface area contributed by atoms with Gasteiger partial charge in [-0.05, 0) is 25.1 Å². The number of hydrogen-bond donors (Lipinski definition) is 1. The van der Waals surface area contributed by atoms with Crippen molar-refractivity contribution in [3.8, 4) is 0 Å². The Bertz CT molecular complexity index is 325. The molecule has 0 fully saturated rings. The van der Waals surface area contributed by atoms with E-state index in [4.69, 9.17) is 16.8 Å². The van der Waals surface area contributed by atoms with Crippen LogP contribution in [0, 0.1) is 5.82 Å². The van der Waals surface area contributed by atoms with Crippen LogP contribution in [0.15, 0.2) is 23.4 Å². The number of benzene rings is 1. The maximum Gasteiger partial charge on any atom is 0.124 e. The van der Waals surface area contributed by atoms with Crippen molar-refractivity contribution in [3.63, 3.8) is 0 Å². The number of halogens is 2. The third kappa shape index (κ3) is 1.74. The van der Waals surface area contributed by atoms with Gasteiger partial charge in [0.1, 0.15) is 5.82 Å². The predicted octanol–water partition coefficient (Wildman–Crippen LogP) is 2.68. The molecule has 1 aromatic carbocycles. The lowest BCUT2D eigenvalue weighted by Crippen LogP contribution is -1.95. The fraction of sp³-hybridized carbons (Fsp3) is 0.125. The fourth-order valence-electron chi connectivity index (χ4n) is 0.837. The minimum absolute atomic E-state index is 0.241. The van der Waals surface area contributed by atoms with Gasteiger partial charge >= 0.3 is 0 Å². The lowest BCUT2D eigenvalue weighted by Gasteiger charge is -2.00. The summed E-state index contributed by atoms with van der Waals surface area (Å²) in [5, 5.41) is 11.6. The van der Waals surface area contributed by atoms with E-state index in [1.54, 1.807) is 6.92 Å². The van der Waals surface area contributed by atoms with Gasteiger partial charge in [-0.15, -0.1) is 0 Å². The van der Waals surface area contributed by atoms with Gasteiger partial charge in [-0.2, -0.15) is 0 Å². The summed E-state index contributed by atoms with van der Waals surface area (Å²) in [5.74, 6) is -0.408. The summed E-state index contributed by atoms with van der Waals surface area (Å²) in [6.07, 6.45) is 0. The maximum absolute atomic E-state index is 12.5. The molecule has 0 heterocycles. The first-order valence-electron chi connectivity index (χ1n) is 3.29. The van der Waals surface area contributed by atoms with Crippen molar-refractivity contribution in [1.82, 2.24) is 0 Å². The zero-order valence-corrected chi connectivity index (χ0v) is 7.14. The summed E-state index contributed by atoms with van der Waals surface area (Å²) in [6.45, 7) is 1.58. The largest absolute Gasteiger partial charge is 0.411 e. The van der Waals surface area contributed by atoms with E-state index in [2.05, 4.69) is 5.16 Å². The van der Waals surface area contributed by atoms with Crippen LogP contribution >= 0.6 is 11.6 Å². The second-order valence-corrected chi connectivity index (χ2v) is 2.72. The summed E-state index contributed by atoms with van der Waals surface area (Å²) < 4.78 is 12.5. The van der Waals surface area contributed by atoms with E-state index >= 15 is 0 Å². The molecule has 0 aliphatic heterocycles. The van der Waals surface area contributed by atoms with Crippen molar-refractivity contribution in [1.29, 1.82) is 0 Å². The molecule has 0 atom stereocenters. The average Bonchev–Trinajstić information content (AvgIpc) is 2.03. The maximum atomic E-state index is 12.5. The monoisotopic (exact) mass is 187 g/mol. The lowest BCUT2D eigenvalue weighted by molar-refractivity contribution is 0.319. The Morgan fingerprint density at radius 2 is 2.25 bits per heavy atom. The van der Waals surface area contributed by atoms with Crippen LogP contribution < -0.4 is 0 Å². The molecule has 12 heavy (non-hydrogen) atoms. The summed E-state index contributed by atoms with van der Waals surface area (Å²) in [6, 6.07) is 3.90. The molecule has 0 aliphatic rings. The Morgan fingerprint density at radius 1 is 1.58 bits per heavy atom. The van der Waals surface area contributed by atoms with E-state index in [-0.39, 0.29) is 5.02 Å². The first-order chi connectivity index (χ1) is 5.65. The van der Waals surface area contributed by atoms with Crippen LogP contribution in [-0.4, -0.2) is 10.9 Å². The minimum Gasteiger partial charge on any atom is -0.411 e. The molecule has 4 heteroatoms. The van der Waals surface area contributed by atoms with E-state index in [1.807, 2.05) is 0 Å². The zero-order valence-electron chi connectivity index (χ0n) is 6.38. The highest BCUT2D eigenvalue weighted by molar-refractivity contribution is 6.34. The van der Waals surface area contributed by atoms with E-state index in [1.165, 1.54) is 18.2 Å². The standard InChI is InChI=1S/C8H7ClFNO/c1-5(11-12)7-3-2-6(10)4-8(7)9/h2-4,12H,1H3/b11-5-. The Kier molecular flexibility index (Phi) is 2.65. The Hall–Kier alpha value is -1.09. The van der Waals surface area contributed by atoms with E-state index in [0.29, 0.717) is 11.3 Å². The highest BCUT2D eigenvalue weighted by Gasteiger charge is 2.04. The van der Waals surface area contributed by atoms with Gasteiger partial charge in [0, 0.05) is 5.56 Å². The second kappa shape index (κ2) is 3.54. The number of hydrogen-bond acceptors (Lipinski definition) is 2. The molecule has 0 saturated carbocycles. The summed E-state index contributed by atoms with van der Waals surface area (Å²) in [7, 11) is 0. The third-order valence-corrected chi connectivity index (χ3v) is 1.78. The lowest BCUT2D eigenvalue weighted by atomic mass is 10.1. The van der Waals surface area contributed by atoms with Gasteiger partial charge in [0.2, 0.25) is 0 Å². The Morgan fingerprint density at radius 3 is 2.75 bits per heavy atom. The average molecular weight is 188 g/mol. The normalized spacial score (nSPS) is 11.8. The van der Waals surface area contributed by atoms with Crippen LogP contribution in [0.25, 0.3) is 0 Å². The molecule has 0 saturated heterocycles. The van der Waals surface area contributed by atoms with Crippen molar-refractivity contribution in [3.05, 3.63) is 34.6 Å². The molecule has 0 radical (unpaired) electrons. The molecule has 0 unspecified atom stereocenters. The van der Waals surface area contributed by atoms with Crippen LogP contribution in [0.3, 0.4) is 0 Å². The van der Waals surface area contributed by atoms with Crippen molar-refractivity contribution in [2.45, 2.75) is 6.92 Å². The van der Waals surface area contributed by atoms with Gasteiger partial charge in [0.15, 0.2) is 0 Å². The highest BCUT2D eigenvalue weighted by atomic mass is 35.5. The van der Waals surface area contributed by atoms with Crippen molar-refractivity contribution in [2.75, 3.05) is 0 Å². The van der Waals surface area contributed by atoms with E-state index < -0.39 is 5.82 Å². The van der Waals surface area contributed by atoms with Crippen molar-refractivity contribution in [2.24, 2.45) is 5.16 Å². The molecule has 1 N–H and O–H groups in total. The smallest absolute Gasteiger partial charge is 0.124 e. The molecular formula is C8H7ClFNO.